The van der Waals surface area contributed by atoms with E-state index in [1.54, 1.807) is 10.9 Å². The molecule has 2 aliphatic rings. The first-order valence-corrected chi connectivity index (χ1v) is 9.58. The highest BCUT2D eigenvalue weighted by atomic mass is 35.5. The summed E-state index contributed by atoms with van der Waals surface area (Å²) in [7, 11) is 0. The molecule has 2 aromatic rings. The third-order valence-electron chi connectivity index (χ3n) is 5.29. The van der Waals surface area contributed by atoms with Crippen LogP contribution in [0, 0.1) is 0 Å². The SMILES string of the molecule is O=C(c1cnn(Cc2ccccc2Cl)c1)N1CCC(N2CCNCC2)C1. The summed E-state index contributed by atoms with van der Waals surface area (Å²) in [6, 6.07) is 8.19. The molecule has 1 atom stereocenters. The van der Waals surface area contributed by atoms with Gasteiger partial charge in [-0.2, -0.15) is 5.10 Å². The van der Waals surface area contributed by atoms with Gasteiger partial charge in [-0.25, -0.2) is 0 Å². The molecule has 2 aliphatic heterocycles. The van der Waals surface area contributed by atoms with Crippen molar-refractivity contribution in [3.8, 4) is 0 Å². The van der Waals surface area contributed by atoms with Gasteiger partial charge in [0.2, 0.25) is 0 Å². The second-order valence-electron chi connectivity index (χ2n) is 7.00. The summed E-state index contributed by atoms with van der Waals surface area (Å²) < 4.78 is 1.78. The molecule has 0 spiro atoms. The van der Waals surface area contributed by atoms with Crippen molar-refractivity contribution in [2.45, 2.75) is 19.0 Å². The Balaban J connectivity index is 1.38. The highest BCUT2D eigenvalue weighted by Crippen LogP contribution is 2.19. The zero-order valence-electron chi connectivity index (χ0n) is 14.8. The Morgan fingerprint density at radius 2 is 2.04 bits per heavy atom. The largest absolute Gasteiger partial charge is 0.337 e. The molecule has 4 rings (SSSR count). The lowest BCUT2D eigenvalue weighted by molar-refractivity contribution is 0.0773. The molecule has 2 saturated heterocycles. The summed E-state index contributed by atoms with van der Waals surface area (Å²) in [4.78, 5) is 17.3. The van der Waals surface area contributed by atoms with E-state index in [2.05, 4.69) is 15.3 Å². The van der Waals surface area contributed by atoms with Crippen LogP contribution in [0.5, 0.6) is 0 Å². The van der Waals surface area contributed by atoms with Gasteiger partial charge in [-0.15, -0.1) is 0 Å². The Bertz CT molecular complexity index is 771. The molecule has 138 valence electrons. The summed E-state index contributed by atoms with van der Waals surface area (Å²) in [5.41, 5.74) is 1.65. The predicted molar refractivity (Wildman–Crippen MR) is 102 cm³/mol. The Kier molecular flexibility index (Phi) is 5.24. The van der Waals surface area contributed by atoms with Crippen LogP contribution in [-0.4, -0.2) is 70.8 Å². The number of carbonyl (C=O) groups is 1. The van der Waals surface area contributed by atoms with Crippen LogP contribution in [0.3, 0.4) is 0 Å². The Morgan fingerprint density at radius 1 is 1.23 bits per heavy atom. The number of piperazine rings is 1. The highest BCUT2D eigenvalue weighted by Gasteiger charge is 2.31. The van der Waals surface area contributed by atoms with Crippen LogP contribution in [0.2, 0.25) is 5.02 Å². The minimum absolute atomic E-state index is 0.0769. The molecule has 1 N–H and O–H groups in total. The standard InChI is InChI=1S/C19H24ClN5O/c20-18-4-2-1-3-15(18)12-25-13-16(11-22-25)19(26)24-8-5-17(14-24)23-9-6-21-7-10-23/h1-4,11,13,17,21H,5-10,12,14H2. The molecule has 3 heterocycles. The number of benzene rings is 1. The maximum atomic E-state index is 12.8. The predicted octanol–water partition coefficient (Wildman–Crippen LogP) is 1.70. The van der Waals surface area contributed by atoms with Gasteiger partial charge in [0.25, 0.3) is 5.91 Å². The van der Waals surface area contributed by atoms with Crippen LogP contribution in [0.4, 0.5) is 0 Å². The van der Waals surface area contributed by atoms with Gasteiger partial charge in [0.05, 0.1) is 18.3 Å². The van der Waals surface area contributed by atoms with Crippen molar-refractivity contribution in [2.75, 3.05) is 39.3 Å². The van der Waals surface area contributed by atoms with Crippen LogP contribution in [0.1, 0.15) is 22.3 Å². The minimum atomic E-state index is 0.0769. The van der Waals surface area contributed by atoms with Crippen molar-refractivity contribution in [1.82, 2.24) is 24.9 Å². The normalized spacial score (nSPS) is 21.3. The van der Waals surface area contributed by atoms with E-state index in [-0.39, 0.29) is 5.91 Å². The van der Waals surface area contributed by atoms with E-state index >= 15 is 0 Å². The average molecular weight is 374 g/mol. The van der Waals surface area contributed by atoms with Gasteiger partial charge in [-0.05, 0) is 18.1 Å². The van der Waals surface area contributed by atoms with Crippen molar-refractivity contribution < 1.29 is 4.79 Å². The molecule has 6 nitrogen and oxygen atoms in total. The molecule has 0 bridgehead atoms. The molecule has 2 fully saturated rings. The molecular weight excluding hydrogens is 350 g/mol. The van der Waals surface area contributed by atoms with E-state index < -0.39 is 0 Å². The zero-order chi connectivity index (χ0) is 17.9. The summed E-state index contributed by atoms with van der Waals surface area (Å²) in [6.07, 6.45) is 4.54. The molecule has 0 saturated carbocycles. The minimum Gasteiger partial charge on any atom is -0.337 e. The maximum absolute atomic E-state index is 12.8. The van der Waals surface area contributed by atoms with E-state index in [1.165, 1.54) is 0 Å². The number of hydrogen-bond donors (Lipinski definition) is 1. The third-order valence-corrected chi connectivity index (χ3v) is 5.66. The molecule has 1 unspecified atom stereocenters. The van der Waals surface area contributed by atoms with Crippen LogP contribution in [0.15, 0.2) is 36.7 Å². The fourth-order valence-electron chi connectivity index (χ4n) is 3.82. The Labute approximate surface area is 158 Å². The number of halogens is 1. The van der Waals surface area contributed by atoms with Crippen molar-refractivity contribution >= 4 is 17.5 Å². The number of rotatable bonds is 4. The van der Waals surface area contributed by atoms with Gasteiger partial charge in [0.1, 0.15) is 0 Å². The summed E-state index contributed by atoms with van der Waals surface area (Å²) in [6.45, 7) is 6.43. The van der Waals surface area contributed by atoms with Gasteiger partial charge in [0, 0.05) is 56.5 Å². The fraction of sp³-hybridized carbons (Fsp3) is 0.474. The van der Waals surface area contributed by atoms with Crippen LogP contribution in [-0.2, 0) is 6.54 Å². The molecule has 26 heavy (non-hydrogen) atoms. The van der Waals surface area contributed by atoms with E-state index in [0.717, 1.165) is 51.3 Å². The lowest BCUT2D eigenvalue weighted by atomic mass is 10.2. The van der Waals surface area contributed by atoms with Crippen LogP contribution < -0.4 is 5.32 Å². The highest BCUT2D eigenvalue weighted by molar-refractivity contribution is 6.31. The lowest BCUT2D eigenvalue weighted by Gasteiger charge is -2.32. The van der Waals surface area contributed by atoms with Gasteiger partial charge < -0.3 is 10.2 Å². The van der Waals surface area contributed by atoms with Gasteiger partial charge in [0.15, 0.2) is 0 Å². The van der Waals surface area contributed by atoms with Crippen LogP contribution in [0.25, 0.3) is 0 Å². The molecule has 1 aromatic heterocycles. The van der Waals surface area contributed by atoms with Crippen molar-refractivity contribution in [3.63, 3.8) is 0 Å². The molecular formula is C19H24ClN5O. The smallest absolute Gasteiger partial charge is 0.257 e. The quantitative estimate of drug-likeness (QED) is 0.886. The Hall–Kier alpha value is -1.89. The first-order valence-electron chi connectivity index (χ1n) is 9.20. The van der Waals surface area contributed by atoms with Gasteiger partial charge in [-0.3, -0.25) is 14.4 Å². The molecule has 1 aromatic carbocycles. The van der Waals surface area contributed by atoms with Crippen molar-refractivity contribution in [1.29, 1.82) is 0 Å². The second kappa shape index (κ2) is 7.78. The molecule has 7 heteroatoms. The number of nitrogens with zero attached hydrogens (tertiary/aromatic N) is 4. The number of likely N-dealkylation sites (tertiary alicyclic amines) is 1. The van der Waals surface area contributed by atoms with Gasteiger partial charge in [-0.1, -0.05) is 29.8 Å². The Morgan fingerprint density at radius 3 is 2.85 bits per heavy atom. The fourth-order valence-corrected chi connectivity index (χ4v) is 4.01. The summed E-state index contributed by atoms with van der Waals surface area (Å²) >= 11 is 6.21. The first kappa shape index (κ1) is 17.5. The second-order valence-corrected chi connectivity index (χ2v) is 7.40. The molecule has 0 radical (unpaired) electrons. The maximum Gasteiger partial charge on any atom is 0.257 e. The summed E-state index contributed by atoms with van der Waals surface area (Å²) in [5, 5.41) is 8.44. The number of hydrogen-bond acceptors (Lipinski definition) is 4. The number of amides is 1. The lowest BCUT2D eigenvalue weighted by Crippen LogP contribution is -2.49. The van der Waals surface area contributed by atoms with Crippen molar-refractivity contribution in [2.24, 2.45) is 0 Å². The van der Waals surface area contributed by atoms with E-state index in [1.807, 2.05) is 35.4 Å². The van der Waals surface area contributed by atoms with E-state index in [9.17, 15) is 4.79 Å². The number of aromatic nitrogens is 2. The van der Waals surface area contributed by atoms with Crippen molar-refractivity contribution in [3.05, 3.63) is 52.8 Å². The van der Waals surface area contributed by atoms with E-state index in [4.69, 9.17) is 11.6 Å². The summed E-state index contributed by atoms with van der Waals surface area (Å²) in [5.74, 6) is 0.0769. The van der Waals surface area contributed by atoms with Crippen LogP contribution >= 0.6 is 11.6 Å². The average Bonchev–Trinajstić information content (AvgIpc) is 3.34. The first-order chi connectivity index (χ1) is 12.7. The molecule has 1 amide bonds. The van der Waals surface area contributed by atoms with E-state index in [0.29, 0.717) is 23.2 Å². The molecule has 0 aliphatic carbocycles. The number of carbonyl (C=O) groups excluding carboxylic acids is 1. The van der Waals surface area contributed by atoms with Gasteiger partial charge >= 0.3 is 0 Å². The third kappa shape index (κ3) is 3.77. The zero-order valence-corrected chi connectivity index (χ0v) is 15.5. The monoisotopic (exact) mass is 373 g/mol. The topological polar surface area (TPSA) is 53.4 Å². The number of nitrogens with one attached hydrogen (secondary N) is 1.